The molecule has 0 aromatic carbocycles. The van der Waals surface area contributed by atoms with E-state index in [1.165, 1.54) is 0 Å². The van der Waals surface area contributed by atoms with Crippen molar-refractivity contribution in [3.8, 4) is 6.07 Å². The molecule has 0 spiro atoms. The lowest BCUT2D eigenvalue weighted by molar-refractivity contribution is -0.121. The molecule has 0 aliphatic carbocycles. The van der Waals surface area contributed by atoms with Gasteiger partial charge in [0.1, 0.15) is 24.2 Å². The number of anilines is 1. The third kappa shape index (κ3) is 3.17. The van der Waals surface area contributed by atoms with Gasteiger partial charge in [-0.1, -0.05) is 12.1 Å². The summed E-state index contributed by atoms with van der Waals surface area (Å²) in [5.74, 6) is 0.772. The maximum absolute atomic E-state index is 13.0. The quantitative estimate of drug-likeness (QED) is 0.666. The molecule has 2 atom stereocenters. The second-order valence-electron chi connectivity index (χ2n) is 6.49. The maximum atomic E-state index is 13.0. The van der Waals surface area contributed by atoms with Gasteiger partial charge in [0, 0.05) is 19.3 Å². The number of nitriles is 1. The van der Waals surface area contributed by atoms with Crippen LogP contribution in [-0.4, -0.2) is 58.4 Å². The minimum absolute atomic E-state index is 0.0225. The molecule has 0 radical (unpaired) electrons. The summed E-state index contributed by atoms with van der Waals surface area (Å²) in [6.45, 7) is 1.55. The van der Waals surface area contributed by atoms with Crippen molar-refractivity contribution in [1.29, 1.82) is 5.26 Å². The van der Waals surface area contributed by atoms with E-state index in [4.69, 9.17) is 5.26 Å². The monoisotopic (exact) mass is 365 g/mol. The van der Waals surface area contributed by atoms with E-state index in [1.54, 1.807) is 35.4 Å². The molecule has 3 amide bonds. The van der Waals surface area contributed by atoms with Gasteiger partial charge in [0.05, 0.1) is 17.8 Å². The summed E-state index contributed by atoms with van der Waals surface area (Å²) < 4.78 is 0. The van der Waals surface area contributed by atoms with E-state index in [0.717, 1.165) is 25.2 Å². The van der Waals surface area contributed by atoms with Gasteiger partial charge in [-0.05, 0) is 24.6 Å². The molecule has 1 fully saturated rings. The van der Waals surface area contributed by atoms with Crippen molar-refractivity contribution in [3.05, 3.63) is 48.1 Å². The summed E-state index contributed by atoms with van der Waals surface area (Å²) in [4.78, 5) is 33.2. The van der Waals surface area contributed by atoms with E-state index in [2.05, 4.69) is 25.8 Å². The molecule has 1 saturated heterocycles. The predicted octanol–water partition coefficient (Wildman–Crippen LogP) is 0.340. The van der Waals surface area contributed by atoms with Crippen LogP contribution in [0.15, 0.2) is 48.1 Å². The molecule has 9 nitrogen and oxygen atoms in total. The SMILES string of the molecule is N#CCNC(=O)C1C=CC2=C(N1)N(C(=O)Nc1ccccn1)[C@H]1CCN2C1. The molecular formula is C18H19N7O2. The zero-order valence-corrected chi connectivity index (χ0v) is 14.6. The zero-order valence-electron chi connectivity index (χ0n) is 14.6. The third-order valence-corrected chi connectivity index (χ3v) is 4.83. The molecule has 2 bridgehead atoms. The van der Waals surface area contributed by atoms with Crippen LogP contribution in [0.4, 0.5) is 10.6 Å². The van der Waals surface area contributed by atoms with Crippen LogP contribution < -0.4 is 16.0 Å². The lowest BCUT2D eigenvalue weighted by Crippen LogP contribution is -2.56. The van der Waals surface area contributed by atoms with Gasteiger partial charge in [0.2, 0.25) is 5.91 Å². The fourth-order valence-electron chi connectivity index (χ4n) is 3.60. The van der Waals surface area contributed by atoms with Crippen LogP contribution in [0, 0.1) is 11.3 Å². The molecule has 4 rings (SSSR count). The standard InChI is InChI=1S/C18H19N7O2/c19-7-9-21-17(26)13-4-5-14-16(22-13)25(12-6-10-24(14)11-12)18(27)23-15-3-1-2-8-20-15/h1-5,8,12-13,22H,6,9-11H2,(H,21,26)(H,20,23,27)/t12-,13?/m0/s1. The Balaban J connectivity index is 1.57. The number of pyridine rings is 1. The lowest BCUT2D eigenvalue weighted by Gasteiger charge is -2.40. The van der Waals surface area contributed by atoms with E-state index in [1.807, 2.05) is 12.1 Å². The molecule has 3 N–H and O–H groups in total. The van der Waals surface area contributed by atoms with Crippen LogP contribution in [0.2, 0.25) is 0 Å². The average molecular weight is 365 g/mol. The summed E-state index contributed by atoms with van der Waals surface area (Å²) in [6.07, 6.45) is 6.08. The van der Waals surface area contributed by atoms with Crippen LogP contribution in [0.5, 0.6) is 0 Å². The molecule has 1 aromatic rings. The Kier molecular flexibility index (Phi) is 4.38. The smallest absolute Gasteiger partial charge is 0.328 e. The first-order valence-corrected chi connectivity index (χ1v) is 8.77. The van der Waals surface area contributed by atoms with Gasteiger partial charge in [-0.15, -0.1) is 0 Å². The van der Waals surface area contributed by atoms with Crippen molar-refractivity contribution >= 4 is 17.8 Å². The topological polar surface area (TPSA) is 113 Å². The molecule has 4 heterocycles. The largest absolute Gasteiger partial charge is 0.366 e. The first-order chi connectivity index (χ1) is 13.2. The molecule has 138 valence electrons. The molecule has 3 aliphatic heterocycles. The molecular weight excluding hydrogens is 346 g/mol. The number of amides is 3. The third-order valence-electron chi connectivity index (χ3n) is 4.83. The van der Waals surface area contributed by atoms with Gasteiger partial charge in [-0.3, -0.25) is 15.0 Å². The van der Waals surface area contributed by atoms with Gasteiger partial charge < -0.3 is 15.5 Å². The van der Waals surface area contributed by atoms with Gasteiger partial charge in [-0.25, -0.2) is 9.78 Å². The van der Waals surface area contributed by atoms with E-state index in [0.29, 0.717) is 11.6 Å². The number of rotatable bonds is 3. The Labute approximate surface area is 156 Å². The fourth-order valence-corrected chi connectivity index (χ4v) is 3.60. The number of hydrogen-bond acceptors (Lipinski definition) is 6. The first-order valence-electron chi connectivity index (χ1n) is 8.77. The summed E-state index contributed by atoms with van der Waals surface area (Å²) in [5.41, 5.74) is 0.893. The second kappa shape index (κ2) is 6.99. The maximum Gasteiger partial charge on any atom is 0.328 e. The molecule has 1 aromatic heterocycles. The average Bonchev–Trinajstić information content (AvgIpc) is 3.11. The van der Waals surface area contributed by atoms with Crippen molar-refractivity contribution in [3.63, 3.8) is 0 Å². The summed E-state index contributed by atoms with van der Waals surface area (Å²) in [7, 11) is 0. The Morgan fingerprint density at radius 3 is 3.07 bits per heavy atom. The summed E-state index contributed by atoms with van der Waals surface area (Å²) >= 11 is 0. The number of nitrogens with one attached hydrogen (secondary N) is 3. The van der Waals surface area contributed by atoms with Crippen LogP contribution in [-0.2, 0) is 4.79 Å². The number of fused-ring (bicyclic) bond motifs is 3. The highest BCUT2D eigenvalue weighted by Gasteiger charge is 2.42. The number of dihydropyridines is 1. The van der Waals surface area contributed by atoms with Crippen LogP contribution >= 0.6 is 0 Å². The van der Waals surface area contributed by atoms with Crippen molar-refractivity contribution in [2.75, 3.05) is 25.0 Å². The number of carbonyl (C=O) groups is 2. The van der Waals surface area contributed by atoms with E-state index in [9.17, 15) is 9.59 Å². The summed E-state index contributed by atoms with van der Waals surface area (Å²) in [5, 5.41) is 17.2. The molecule has 27 heavy (non-hydrogen) atoms. The van der Waals surface area contributed by atoms with Crippen molar-refractivity contribution < 1.29 is 9.59 Å². The van der Waals surface area contributed by atoms with Crippen LogP contribution in [0.3, 0.4) is 0 Å². The van der Waals surface area contributed by atoms with Gasteiger partial charge in [0.15, 0.2) is 0 Å². The lowest BCUT2D eigenvalue weighted by atomic mass is 10.1. The van der Waals surface area contributed by atoms with E-state index < -0.39 is 6.04 Å². The van der Waals surface area contributed by atoms with Crippen molar-refractivity contribution in [2.24, 2.45) is 0 Å². The van der Waals surface area contributed by atoms with E-state index >= 15 is 0 Å². The number of urea groups is 1. The number of hydrogen-bond donors (Lipinski definition) is 3. The van der Waals surface area contributed by atoms with Crippen molar-refractivity contribution in [1.82, 2.24) is 25.4 Å². The number of allylic oxidation sites excluding steroid dienone is 1. The number of nitrogens with zero attached hydrogens (tertiary/aromatic N) is 4. The number of aromatic nitrogens is 1. The van der Waals surface area contributed by atoms with Crippen molar-refractivity contribution in [2.45, 2.75) is 18.5 Å². The van der Waals surface area contributed by atoms with Gasteiger partial charge in [0.25, 0.3) is 0 Å². The highest BCUT2D eigenvalue weighted by atomic mass is 16.2. The molecule has 0 saturated carbocycles. The van der Waals surface area contributed by atoms with Gasteiger partial charge in [-0.2, -0.15) is 5.26 Å². The molecule has 1 unspecified atom stereocenters. The van der Waals surface area contributed by atoms with Crippen LogP contribution in [0.1, 0.15) is 6.42 Å². The molecule has 9 heteroatoms. The second-order valence-corrected chi connectivity index (χ2v) is 6.49. The first kappa shape index (κ1) is 16.9. The van der Waals surface area contributed by atoms with E-state index in [-0.39, 0.29) is 24.5 Å². The summed E-state index contributed by atoms with van der Waals surface area (Å²) in [6, 6.07) is 6.30. The van der Waals surface area contributed by atoms with Crippen LogP contribution in [0.25, 0.3) is 0 Å². The minimum atomic E-state index is -0.638. The Hall–Kier alpha value is -3.54. The fraction of sp³-hybridized carbons (Fsp3) is 0.333. The Morgan fingerprint density at radius 1 is 1.41 bits per heavy atom. The highest BCUT2D eigenvalue weighted by Crippen LogP contribution is 2.33. The number of carbonyl (C=O) groups excluding carboxylic acids is 2. The molecule has 3 aliphatic rings. The minimum Gasteiger partial charge on any atom is -0.366 e. The highest BCUT2D eigenvalue weighted by molar-refractivity contribution is 5.91. The zero-order chi connectivity index (χ0) is 18.8. The van der Waals surface area contributed by atoms with Gasteiger partial charge >= 0.3 is 6.03 Å². The Morgan fingerprint density at radius 2 is 2.30 bits per heavy atom. The normalized spacial score (nSPS) is 22.6. The predicted molar refractivity (Wildman–Crippen MR) is 96.8 cm³/mol. The Bertz CT molecular complexity index is 858.